The number of benzene rings is 2. The van der Waals surface area contributed by atoms with Crippen molar-refractivity contribution >= 4 is 29.0 Å². The van der Waals surface area contributed by atoms with Gasteiger partial charge in [0.05, 0.1) is 11.5 Å². The second kappa shape index (κ2) is 9.88. The molecule has 0 atom stereocenters. The van der Waals surface area contributed by atoms with Crippen LogP contribution in [0, 0.1) is 17.0 Å². The molecule has 29 heavy (non-hydrogen) atoms. The molecule has 3 rings (SSSR count). The molecule has 0 spiro atoms. The first-order chi connectivity index (χ1) is 14.1. The molecule has 1 heterocycles. The molecule has 0 aliphatic rings. The summed E-state index contributed by atoms with van der Waals surface area (Å²) in [7, 11) is 0. The summed E-state index contributed by atoms with van der Waals surface area (Å²) in [5.74, 6) is 0.913. The van der Waals surface area contributed by atoms with Crippen molar-refractivity contribution in [3.8, 4) is 5.75 Å². The first-order valence-electron chi connectivity index (χ1n) is 9.30. The van der Waals surface area contributed by atoms with Crippen molar-refractivity contribution in [2.45, 2.75) is 36.6 Å². The van der Waals surface area contributed by atoms with Gasteiger partial charge in [-0.3, -0.25) is 10.1 Å². The summed E-state index contributed by atoms with van der Waals surface area (Å²) >= 11 is 1.24. The number of aryl methyl sites for hydroxylation is 1. The monoisotopic (exact) mass is 410 g/mol. The maximum Gasteiger partial charge on any atom is 0.343 e. The molecule has 2 aromatic carbocycles. The summed E-state index contributed by atoms with van der Waals surface area (Å²) in [5, 5.41) is 15.0. The molecule has 0 fully saturated rings. The number of nitro groups is 1. The van der Waals surface area contributed by atoms with Crippen molar-refractivity contribution in [3.63, 3.8) is 0 Å². The lowest BCUT2D eigenvalue weighted by molar-refractivity contribution is -0.387. The van der Waals surface area contributed by atoms with Crippen molar-refractivity contribution in [1.82, 2.24) is 9.97 Å². The number of hydrogen-bond acceptors (Lipinski definition) is 7. The Kier molecular flexibility index (Phi) is 7.02. The van der Waals surface area contributed by atoms with Gasteiger partial charge >= 0.3 is 5.69 Å². The first kappa shape index (κ1) is 20.6. The van der Waals surface area contributed by atoms with Gasteiger partial charge in [0.1, 0.15) is 12.1 Å². The van der Waals surface area contributed by atoms with Crippen LogP contribution in [0.3, 0.4) is 0 Å². The average Bonchev–Trinajstić information content (AvgIpc) is 2.71. The Morgan fingerprint density at radius 2 is 1.83 bits per heavy atom. The van der Waals surface area contributed by atoms with Gasteiger partial charge in [0.15, 0.2) is 5.03 Å². The highest BCUT2D eigenvalue weighted by atomic mass is 32.2. The molecule has 150 valence electrons. The maximum atomic E-state index is 11.7. The molecule has 0 radical (unpaired) electrons. The Balaban J connectivity index is 1.80. The Bertz CT molecular complexity index is 963. The van der Waals surface area contributed by atoms with Crippen LogP contribution < -0.4 is 10.1 Å². The minimum absolute atomic E-state index is 0.152. The van der Waals surface area contributed by atoms with Crippen molar-refractivity contribution in [2.24, 2.45) is 0 Å². The van der Waals surface area contributed by atoms with Crippen LogP contribution in [0.5, 0.6) is 5.75 Å². The Hall–Kier alpha value is -3.13. The average molecular weight is 410 g/mol. The van der Waals surface area contributed by atoms with Crippen molar-refractivity contribution in [1.29, 1.82) is 0 Å². The van der Waals surface area contributed by atoms with Crippen LogP contribution in [0.15, 0.2) is 64.8 Å². The topological polar surface area (TPSA) is 90.2 Å². The lowest BCUT2D eigenvalue weighted by atomic mass is 10.2. The Labute approximate surface area is 173 Å². The third-order valence-electron chi connectivity index (χ3n) is 4.09. The highest BCUT2D eigenvalue weighted by Gasteiger charge is 2.24. The SMILES string of the molecule is CCCCOc1ccc(Nc2ncnc(Sc3ccc(C)cc3)c2[N+](=O)[O-])cc1. The second-order valence-corrected chi connectivity index (χ2v) is 7.46. The van der Waals surface area contributed by atoms with Gasteiger partial charge in [0, 0.05) is 10.6 Å². The minimum Gasteiger partial charge on any atom is -0.494 e. The molecule has 7 nitrogen and oxygen atoms in total. The maximum absolute atomic E-state index is 11.7. The predicted octanol–water partition coefficient (Wildman–Crippen LogP) is 5.77. The van der Waals surface area contributed by atoms with Crippen molar-refractivity contribution < 1.29 is 9.66 Å². The molecule has 0 amide bonds. The largest absolute Gasteiger partial charge is 0.494 e. The molecule has 0 saturated heterocycles. The van der Waals surface area contributed by atoms with Gasteiger partial charge in [-0.15, -0.1) is 0 Å². The van der Waals surface area contributed by atoms with Crippen LogP contribution in [0.2, 0.25) is 0 Å². The highest BCUT2D eigenvalue weighted by molar-refractivity contribution is 7.99. The molecule has 0 bridgehead atoms. The molecule has 1 aromatic heterocycles. The number of nitrogens with one attached hydrogen (secondary N) is 1. The fourth-order valence-electron chi connectivity index (χ4n) is 2.52. The molecule has 0 aliphatic carbocycles. The Morgan fingerprint density at radius 1 is 1.10 bits per heavy atom. The fraction of sp³-hybridized carbons (Fsp3) is 0.238. The predicted molar refractivity (Wildman–Crippen MR) is 114 cm³/mol. The van der Waals surface area contributed by atoms with E-state index in [9.17, 15) is 10.1 Å². The summed E-state index contributed by atoms with van der Waals surface area (Å²) in [4.78, 5) is 20.4. The quantitative estimate of drug-likeness (QED) is 0.207. The third kappa shape index (κ3) is 5.68. The van der Waals surface area contributed by atoms with E-state index in [1.54, 1.807) is 12.1 Å². The van der Waals surface area contributed by atoms with E-state index in [0.717, 1.165) is 29.1 Å². The molecule has 1 N–H and O–H groups in total. The summed E-state index contributed by atoms with van der Waals surface area (Å²) in [5.41, 5.74) is 1.65. The number of unbranched alkanes of at least 4 members (excludes halogenated alkanes) is 1. The highest BCUT2D eigenvalue weighted by Crippen LogP contribution is 2.37. The summed E-state index contributed by atoms with van der Waals surface area (Å²) in [6.07, 6.45) is 3.39. The number of nitrogens with zero attached hydrogens (tertiary/aromatic N) is 3. The summed E-state index contributed by atoms with van der Waals surface area (Å²) < 4.78 is 5.64. The number of hydrogen-bond donors (Lipinski definition) is 1. The van der Waals surface area contributed by atoms with E-state index in [1.165, 1.54) is 18.1 Å². The zero-order chi connectivity index (χ0) is 20.6. The van der Waals surface area contributed by atoms with Gasteiger partial charge < -0.3 is 10.1 Å². The first-order valence-corrected chi connectivity index (χ1v) is 10.1. The zero-order valence-electron chi connectivity index (χ0n) is 16.3. The molecular weight excluding hydrogens is 388 g/mol. The fourth-order valence-corrected chi connectivity index (χ4v) is 3.38. The van der Waals surface area contributed by atoms with E-state index in [1.807, 2.05) is 43.3 Å². The van der Waals surface area contributed by atoms with Gasteiger partial charge in [0.25, 0.3) is 0 Å². The second-order valence-electron chi connectivity index (χ2n) is 6.40. The smallest absolute Gasteiger partial charge is 0.343 e. The van der Waals surface area contributed by atoms with Gasteiger partial charge in [-0.25, -0.2) is 9.97 Å². The normalized spacial score (nSPS) is 10.6. The van der Waals surface area contributed by atoms with Crippen molar-refractivity contribution in [2.75, 3.05) is 11.9 Å². The van der Waals surface area contributed by atoms with Crippen LogP contribution in [0.4, 0.5) is 17.2 Å². The molecule has 0 unspecified atom stereocenters. The minimum atomic E-state index is -0.457. The van der Waals surface area contributed by atoms with Gasteiger partial charge in [-0.2, -0.15) is 0 Å². The number of aromatic nitrogens is 2. The summed E-state index contributed by atoms with van der Waals surface area (Å²) in [6.45, 7) is 4.76. The molecular formula is C21H22N4O3S. The summed E-state index contributed by atoms with van der Waals surface area (Å²) in [6, 6.07) is 15.0. The van der Waals surface area contributed by atoms with E-state index in [2.05, 4.69) is 22.2 Å². The van der Waals surface area contributed by atoms with Crippen LogP contribution >= 0.6 is 11.8 Å². The van der Waals surface area contributed by atoms with Crippen LogP contribution in [-0.4, -0.2) is 21.5 Å². The Morgan fingerprint density at radius 3 is 2.48 bits per heavy atom. The van der Waals surface area contributed by atoms with Crippen LogP contribution in [0.25, 0.3) is 0 Å². The van der Waals surface area contributed by atoms with Gasteiger partial charge in [-0.1, -0.05) is 42.8 Å². The standard InChI is InChI=1S/C21H22N4O3S/c1-3-4-13-28-17-9-7-16(8-10-17)24-20-19(25(26)27)21(23-14-22-20)29-18-11-5-15(2)6-12-18/h5-12,14H,3-4,13H2,1-2H3,(H,22,23,24). The van der Waals surface area contributed by atoms with Crippen molar-refractivity contribution in [3.05, 3.63) is 70.5 Å². The third-order valence-corrected chi connectivity index (χ3v) is 5.09. The van der Waals surface area contributed by atoms with E-state index in [4.69, 9.17) is 4.74 Å². The zero-order valence-corrected chi connectivity index (χ0v) is 17.1. The lowest BCUT2D eigenvalue weighted by Gasteiger charge is -2.10. The number of anilines is 2. The van der Waals surface area contributed by atoms with E-state index in [-0.39, 0.29) is 16.5 Å². The van der Waals surface area contributed by atoms with Gasteiger partial charge in [0.2, 0.25) is 5.82 Å². The van der Waals surface area contributed by atoms with Crippen LogP contribution in [-0.2, 0) is 0 Å². The van der Waals surface area contributed by atoms with E-state index < -0.39 is 4.92 Å². The molecule has 8 heteroatoms. The van der Waals surface area contributed by atoms with E-state index in [0.29, 0.717) is 12.3 Å². The molecule has 0 aliphatic heterocycles. The van der Waals surface area contributed by atoms with E-state index >= 15 is 0 Å². The lowest BCUT2D eigenvalue weighted by Crippen LogP contribution is -2.03. The number of ether oxygens (including phenoxy) is 1. The van der Waals surface area contributed by atoms with Gasteiger partial charge in [-0.05, 0) is 49.7 Å². The molecule has 0 saturated carbocycles. The van der Waals surface area contributed by atoms with Crippen LogP contribution in [0.1, 0.15) is 25.3 Å². The molecule has 3 aromatic rings. The number of rotatable bonds is 9.